The van der Waals surface area contributed by atoms with Crippen LogP contribution in [0.1, 0.15) is 28.8 Å². The Bertz CT molecular complexity index is 536. The Kier molecular flexibility index (Phi) is 3.58. The molecule has 20 heavy (non-hydrogen) atoms. The Labute approximate surface area is 118 Å². The zero-order chi connectivity index (χ0) is 13.9. The third-order valence-electron chi connectivity index (χ3n) is 3.94. The smallest absolute Gasteiger partial charge is 0.251 e. The van der Waals surface area contributed by atoms with Crippen molar-refractivity contribution >= 4 is 17.5 Å². The van der Waals surface area contributed by atoms with Crippen LogP contribution in [0.2, 0.25) is 0 Å². The summed E-state index contributed by atoms with van der Waals surface area (Å²) in [7, 11) is 0. The van der Waals surface area contributed by atoms with E-state index >= 15 is 0 Å². The first kappa shape index (κ1) is 13.0. The molecule has 5 nitrogen and oxygen atoms in total. The molecule has 0 aromatic heterocycles. The molecular formula is C15H19N3O2. The maximum Gasteiger partial charge on any atom is 0.251 e. The first-order chi connectivity index (χ1) is 9.74. The number of rotatable bonds is 3. The van der Waals surface area contributed by atoms with E-state index < -0.39 is 0 Å². The number of nitrogens with zero attached hydrogens (tertiary/aromatic N) is 1. The van der Waals surface area contributed by atoms with E-state index in [9.17, 15) is 9.59 Å². The van der Waals surface area contributed by atoms with Gasteiger partial charge in [-0.15, -0.1) is 0 Å². The number of hydrogen-bond donors (Lipinski definition) is 2. The molecule has 2 heterocycles. The summed E-state index contributed by atoms with van der Waals surface area (Å²) in [5.41, 5.74) is 2.90. The summed E-state index contributed by atoms with van der Waals surface area (Å²) in [5, 5.41) is 5.98. The molecule has 106 valence electrons. The second-order valence-electron chi connectivity index (χ2n) is 5.32. The van der Waals surface area contributed by atoms with Crippen LogP contribution in [-0.4, -0.2) is 42.9 Å². The van der Waals surface area contributed by atoms with Crippen molar-refractivity contribution in [3.05, 3.63) is 29.3 Å². The Morgan fingerprint density at radius 2 is 2.05 bits per heavy atom. The monoisotopic (exact) mass is 273 g/mol. The van der Waals surface area contributed by atoms with Crippen molar-refractivity contribution in [3.63, 3.8) is 0 Å². The van der Waals surface area contributed by atoms with Gasteiger partial charge in [0.1, 0.15) is 0 Å². The van der Waals surface area contributed by atoms with Gasteiger partial charge in [0.05, 0.1) is 6.54 Å². The lowest BCUT2D eigenvalue weighted by atomic mass is 10.1. The van der Waals surface area contributed by atoms with E-state index in [1.54, 1.807) is 6.07 Å². The molecule has 3 rings (SSSR count). The maximum absolute atomic E-state index is 12.1. The van der Waals surface area contributed by atoms with Crippen LogP contribution in [-0.2, 0) is 11.2 Å². The van der Waals surface area contributed by atoms with Gasteiger partial charge >= 0.3 is 0 Å². The second-order valence-corrected chi connectivity index (χ2v) is 5.32. The SMILES string of the molecule is O=C(NCC(=O)N1CCCC1)c1ccc2c(c1)CCN2. The summed E-state index contributed by atoms with van der Waals surface area (Å²) >= 11 is 0. The molecule has 0 spiro atoms. The van der Waals surface area contributed by atoms with Crippen molar-refractivity contribution < 1.29 is 9.59 Å². The van der Waals surface area contributed by atoms with E-state index in [0.717, 1.165) is 44.6 Å². The highest BCUT2D eigenvalue weighted by Crippen LogP contribution is 2.22. The summed E-state index contributed by atoms with van der Waals surface area (Å²) in [6, 6.07) is 5.64. The second kappa shape index (κ2) is 5.53. The van der Waals surface area contributed by atoms with E-state index in [1.807, 2.05) is 17.0 Å². The van der Waals surface area contributed by atoms with Crippen LogP contribution in [0.25, 0.3) is 0 Å². The van der Waals surface area contributed by atoms with Crippen molar-refractivity contribution in [1.29, 1.82) is 0 Å². The molecule has 2 aliphatic rings. The van der Waals surface area contributed by atoms with Crippen molar-refractivity contribution in [2.45, 2.75) is 19.3 Å². The lowest BCUT2D eigenvalue weighted by Crippen LogP contribution is -2.38. The molecule has 0 unspecified atom stereocenters. The number of hydrogen-bond acceptors (Lipinski definition) is 3. The van der Waals surface area contributed by atoms with Crippen LogP contribution in [0.4, 0.5) is 5.69 Å². The molecular weight excluding hydrogens is 254 g/mol. The van der Waals surface area contributed by atoms with Crippen LogP contribution in [0.3, 0.4) is 0 Å². The summed E-state index contributed by atoms with van der Waals surface area (Å²) < 4.78 is 0. The van der Waals surface area contributed by atoms with Gasteiger partial charge in [-0.05, 0) is 43.0 Å². The largest absolute Gasteiger partial charge is 0.384 e. The van der Waals surface area contributed by atoms with Gasteiger partial charge in [0.15, 0.2) is 0 Å². The number of nitrogens with one attached hydrogen (secondary N) is 2. The Hall–Kier alpha value is -2.04. The van der Waals surface area contributed by atoms with Crippen molar-refractivity contribution in [3.8, 4) is 0 Å². The third kappa shape index (κ3) is 2.61. The first-order valence-electron chi connectivity index (χ1n) is 7.17. The molecule has 1 aromatic carbocycles. The quantitative estimate of drug-likeness (QED) is 0.864. The highest BCUT2D eigenvalue weighted by molar-refractivity contribution is 5.97. The van der Waals surface area contributed by atoms with Gasteiger partial charge in [0.2, 0.25) is 5.91 Å². The van der Waals surface area contributed by atoms with Crippen molar-refractivity contribution in [2.75, 3.05) is 31.5 Å². The van der Waals surface area contributed by atoms with Gasteiger partial charge in [-0.3, -0.25) is 9.59 Å². The number of amides is 2. The van der Waals surface area contributed by atoms with Gasteiger partial charge in [-0.2, -0.15) is 0 Å². The van der Waals surface area contributed by atoms with E-state index in [2.05, 4.69) is 10.6 Å². The molecule has 0 radical (unpaired) electrons. The molecule has 0 bridgehead atoms. The minimum Gasteiger partial charge on any atom is -0.384 e. The molecule has 0 saturated carbocycles. The minimum absolute atomic E-state index is 0.0127. The van der Waals surface area contributed by atoms with Crippen LogP contribution in [0.15, 0.2) is 18.2 Å². The number of likely N-dealkylation sites (tertiary alicyclic amines) is 1. The molecule has 5 heteroatoms. The predicted molar refractivity (Wildman–Crippen MR) is 76.8 cm³/mol. The summed E-state index contributed by atoms with van der Waals surface area (Å²) in [6.07, 6.45) is 3.08. The zero-order valence-electron chi connectivity index (χ0n) is 11.4. The van der Waals surface area contributed by atoms with Gasteiger partial charge in [0, 0.05) is 30.9 Å². The fraction of sp³-hybridized carbons (Fsp3) is 0.467. The van der Waals surface area contributed by atoms with Gasteiger partial charge in [0.25, 0.3) is 5.91 Å². The summed E-state index contributed by atoms with van der Waals surface area (Å²) in [6.45, 7) is 2.65. The predicted octanol–water partition coefficient (Wildman–Crippen LogP) is 1.01. The van der Waals surface area contributed by atoms with Gasteiger partial charge in [-0.25, -0.2) is 0 Å². The normalized spacial score (nSPS) is 16.7. The Morgan fingerprint density at radius 1 is 1.25 bits per heavy atom. The highest BCUT2D eigenvalue weighted by Gasteiger charge is 2.19. The average Bonchev–Trinajstić information content (AvgIpc) is 3.13. The molecule has 1 saturated heterocycles. The number of carbonyl (C=O) groups is 2. The van der Waals surface area contributed by atoms with Crippen LogP contribution >= 0.6 is 0 Å². The lowest BCUT2D eigenvalue weighted by Gasteiger charge is -2.15. The molecule has 0 aliphatic carbocycles. The van der Waals surface area contributed by atoms with E-state index in [-0.39, 0.29) is 18.4 Å². The number of anilines is 1. The fourth-order valence-electron chi connectivity index (χ4n) is 2.78. The van der Waals surface area contributed by atoms with Crippen LogP contribution in [0, 0.1) is 0 Å². The maximum atomic E-state index is 12.1. The van der Waals surface area contributed by atoms with Gasteiger partial charge < -0.3 is 15.5 Å². The molecule has 2 amide bonds. The third-order valence-corrected chi connectivity index (χ3v) is 3.94. The van der Waals surface area contributed by atoms with E-state index in [4.69, 9.17) is 0 Å². The van der Waals surface area contributed by atoms with Crippen molar-refractivity contribution in [1.82, 2.24) is 10.2 Å². The molecule has 0 atom stereocenters. The fourth-order valence-corrected chi connectivity index (χ4v) is 2.78. The minimum atomic E-state index is -0.174. The summed E-state index contributed by atoms with van der Waals surface area (Å²) in [5.74, 6) is -0.161. The Balaban J connectivity index is 1.57. The first-order valence-corrected chi connectivity index (χ1v) is 7.17. The zero-order valence-corrected chi connectivity index (χ0v) is 11.4. The highest BCUT2D eigenvalue weighted by atomic mass is 16.2. The molecule has 2 N–H and O–H groups in total. The molecule has 1 aromatic rings. The Morgan fingerprint density at radius 3 is 2.85 bits per heavy atom. The topological polar surface area (TPSA) is 61.4 Å². The summed E-state index contributed by atoms with van der Waals surface area (Å²) in [4.78, 5) is 25.7. The number of fused-ring (bicyclic) bond motifs is 1. The van der Waals surface area contributed by atoms with Crippen LogP contribution in [0.5, 0.6) is 0 Å². The standard InChI is InChI=1S/C15H19N3O2/c19-14(18-7-1-2-8-18)10-17-15(20)12-3-4-13-11(9-12)5-6-16-13/h3-4,9,16H,1-2,5-8,10H2,(H,17,20). The number of benzene rings is 1. The number of carbonyl (C=O) groups excluding carboxylic acids is 2. The average molecular weight is 273 g/mol. The molecule has 2 aliphatic heterocycles. The van der Waals surface area contributed by atoms with E-state index in [1.165, 1.54) is 5.56 Å². The van der Waals surface area contributed by atoms with Gasteiger partial charge in [-0.1, -0.05) is 0 Å². The van der Waals surface area contributed by atoms with Crippen LogP contribution < -0.4 is 10.6 Å². The molecule has 1 fully saturated rings. The van der Waals surface area contributed by atoms with E-state index in [0.29, 0.717) is 5.56 Å². The van der Waals surface area contributed by atoms with Crippen molar-refractivity contribution in [2.24, 2.45) is 0 Å². The lowest BCUT2D eigenvalue weighted by molar-refractivity contribution is -0.129.